The van der Waals surface area contributed by atoms with Gasteiger partial charge in [0.05, 0.1) is 13.1 Å². The number of benzene rings is 1. The first-order valence-electron chi connectivity index (χ1n) is 7.56. The summed E-state index contributed by atoms with van der Waals surface area (Å²) in [4.78, 5) is 23.2. The van der Waals surface area contributed by atoms with E-state index in [-0.39, 0.29) is 11.3 Å². The van der Waals surface area contributed by atoms with Crippen molar-refractivity contribution in [3.63, 3.8) is 0 Å². The van der Waals surface area contributed by atoms with Gasteiger partial charge in [0.25, 0.3) is 0 Å². The van der Waals surface area contributed by atoms with Crippen molar-refractivity contribution in [1.29, 1.82) is 0 Å². The predicted molar refractivity (Wildman–Crippen MR) is 80.8 cm³/mol. The summed E-state index contributed by atoms with van der Waals surface area (Å²) in [5, 5.41) is 11.7. The monoisotopic (exact) mass is 317 g/mol. The number of ether oxygens (including phenoxy) is 2. The first-order valence-corrected chi connectivity index (χ1v) is 7.56. The van der Waals surface area contributed by atoms with Crippen LogP contribution in [-0.2, 0) is 17.6 Å². The van der Waals surface area contributed by atoms with Crippen LogP contribution in [0.25, 0.3) is 11.0 Å². The summed E-state index contributed by atoms with van der Waals surface area (Å²) in [7, 11) is 1.44. The largest absolute Gasteiger partial charge is 0.546 e. The van der Waals surface area contributed by atoms with Crippen molar-refractivity contribution < 1.29 is 23.8 Å². The van der Waals surface area contributed by atoms with Crippen LogP contribution in [0.15, 0.2) is 21.3 Å². The molecule has 1 atom stereocenters. The molecule has 0 amide bonds. The molecule has 1 heterocycles. The number of rotatable bonds is 4. The fourth-order valence-electron chi connectivity index (χ4n) is 2.96. The van der Waals surface area contributed by atoms with Crippen LogP contribution in [0.3, 0.4) is 0 Å². The summed E-state index contributed by atoms with van der Waals surface area (Å²) in [6, 6.07) is 3.51. The minimum atomic E-state index is -1.36. The summed E-state index contributed by atoms with van der Waals surface area (Å²) in [5.74, 6) is -0.930. The maximum Gasteiger partial charge on any atom is 0.339 e. The van der Waals surface area contributed by atoms with Gasteiger partial charge in [0.1, 0.15) is 6.10 Å². The first kappa shape index (κ1) is 15.4. The molecule has 0 bridgehead atoms. The Labute approximate surface area is 132 Å². The van der Waals surface area contributed by atoms with E-state index in [0.717, 1.165) is 30.2 Å². The van der Waals surface area contributed by atoms with Crippen molar-refractivity contribution in [2.24, 2.45) is 0 Å². The zero-order valence-corrected chi connectivity index (χ0v) is 13.0. The number of fused-ring (bicyclic) bond motifs is 3. The normalized spacial score (nSPS) is 15.0. The lowest BCUT2D eigenvalue weighted by molar-refractivity contribution is -0.312. The van der Waals surface area contributed by atoms with Gasteiger partial charge in [-0.15, -0.1) is 0 Å². The molecule has 0 saturated carbocycles. The van der Waals surface area contributed by atoms with Crippen LogP contribution < -0.4 is 20.2 Å². The maximum atomic E-state index is 12.3. The van der Waals surface area contributed by atoms with Crippen molar-refractivity contribution in [2.75, 3.05) is 7.11 Å². The Morgan fingerprint density at radius 1 is 1.26 bits per heavy atom. The van der Waals surface area contributed by atoms with Crippen LogP contribution >= 0.6 is 0 Å². The molecule has 23 heavy (non-hydrogen) atoms. The molecule has 1 aromatic heterocycles. The number of aryl methyl sites for hydroxylation is 1. The van der Waals surface area contributed by atoms with E-state index < -0.39 is 17.7 Å². The zero-order chi connectivity index (χ0) is 16.6. The Hall–Kier alpha value is -2.50. The highest BCUT2D eigenvalue weighted by atomic mass is 16.5. The lowest BCUT2D eigenvalue weighted by Gasteiger charge is -2.21. The number of hydrogen-bond acceptors (Lipinski definition) is 6. The molecule has 2 aromatic rings. The summed E-state index contributed by atoms with van der Waals surface area (Å²) in [6.07, 6.45) is 2.26. The van der Waals surface area contributed by atoms with Gasteiger partial charge in [-0.05, 0) is 50.3 Å². The van der Waals surface area contributed by atoms with Crippen molar-refractivity contribution in [3.05, 3.63) is 33.7 Å². The summed E-state index contributed by atoms with van der Waals surface area (Å²) in [5.41, 5.74) is 1.48. The molecule has 0 unspecified atom stereocenters. The van der Waals surface area contributed by atoms with E-state index in [0.29, 0.717) is 17.7 Å². The molecule has 0 spiro atoms. The third-order valence-electron chi connectivity index (χ3n) is 4.16. The van der Waals surface area contributed by atoms with Crippen molar-refractivity contribution in [3.8, 4) is 11.5 Å². The number of aliphatic carboxylic acids is 1. The molecule has 3 rings (SSSR count). The second kappa shape index (κ2) is 5.95. The highest BCUT2D eigenvalue weighted by Gasteiger charge is 2.23. The standard InChI is InChI=1S/C17H18O6/c1-9(16(18)19)22-15-13(21-2)8-7-11-10-5-3-4-6-12(10)17(20)23-14(11)15/h7-9H,3-6H2,1-2H3,(H,18,19)/p-1/t9-/m0/s1. The average Bonchev–Trinajstić information content (AvgIpc) is 2.55. The molecule has 0 aliphatic heterocycles. The van der Waals surface area contributed by atoms with Gasteiger partial charge in [-0.2, -0.15) is 0 Å². The van der Waals surface area contributed by atoms with Crippen molar-refractivity contribution in [1.82, 2.24) is 0 Å². The number of carboxylic acid groups (broad SMARTS) is 1. The molecule has 1 aliphatic rings. The minimum Gasteiger partial charge on any atom is -0.546 e. The molecule has 0 saturated heterocycles. The van der Waals surface area contributed by atoms with Crippen molar-refractivity contribution in [2.45, 2.75) is 38.7 Å². The van der Waals surface area contributed by atoms with Gasteiger partial charge < -0.3 is 23.8 Å². The van der Waals surface area contributed by atoms with E-state index in [9.17, 15) is 14.7 Å². The van der Waals surface area contributed by atoms with Gasteiger partial charge in [0.2, 0.25) is 5.75 Å². The molecule has 122 valence electrons. The number of carbonyl (C=O) groups excluding carboxylic acids is 1. The maximum absolute atomic E-state index is 12.3. The molecular weight excluding hydrogens is 300 g/mol. The SMILES string of the molecule is COc1ccc2c3c(c(=O)oc2c1O[C@@H](C)C(=O)[O-])CCCC3. The van der Waals surface area contributed by atoms with Crippen LogP contribution in [0.4, 0.5) is 0 Å². The van der Waals surface area contributed by atoms with Crippen LogP contribution in [0.1, 0.15) is 30.9 Å². The van der Waals surface area contributed by atoms with E-state index >= 15 is 0 Å². The third-order valence-corrected chi connectivity index (χ3v) is 4.16. The highest BCUT2D eigenvalue weighted by Crippen LogP contribution is 2.38. The lowest BCUT2D eigenvalue weighted by atomic mass is 9.90. The molecule has 0 radical (unpaired) electrons. The van der Waals surface area contributed by atoms with E-state index in [1.54, 1.807) is 6.07 Å². The average molecular weight is 317 g/mol. The predicted octanol–water partition coefficient (Wildman–Crippen LogP) is 1.20. The van der Waals surface area contributed by atoms with E-state index in [4.69, 9.17) is 13.9 Å². The Bertz CT molecular complexity index is 820. The third kappa shape index (κ3) is 2.65. The van der Waals surface area contributed by atoms with Gasteiger partial charge in [-0.25, -0.2) is 4.79 Å². The van der Waals surface area contributed by atoms with Gasteiger partial charge >= 0.3 is 5.63 Å². The fourth-order valence-corrected chi connectivity index (χ4v) is 2.96. The van der Waals surface area contributed by atoms with Crippen LogP contribution in [0, 0.1) is 0 Å². The molecule has 0 fully saturated rings. The summed E-state index contributed by atoms with van der Waals surface area (Å²) >= 11 is 0. The van der Waals surface area contributed by atoms with E-state index in [2.05, 4.69) is 0 Å². The zero-order valence-electron chi connectivity index (χ0n) is 13.0. The van der Waals surface area contributed by atoms with E-state index in [1.807, 2.05) is 6.07 Å². The molecule has 6 nitrogen and oxygen atoms in total. The quantitative estimate of drug-likeness (QED) is 0.787. The van der Waals surface area contributed by atoms with Crippen LogP contribution in [0.5, 0.6) is 11.5 Å². The summed E-state index contributed by atoms with van der Waals surface area (Å²) < 4.78 is 16.1. The number of methoxy groups -OCH3 is 1. The van der Waals surface area contributed by atoms with Gasteiger partial charge in [0.15, 0.2) is 11.3 Å². The first-order chi connectivity index (χ1) is 11.0. The summed E-state index contributed by atoms with van der Waals surface area (Å²) in [6.45, 7) is 1.35. The van der Waals surface area contributed by atoms with Crippen LogP contribution in [0.2, 0.25) is 0 Å². The molecule has 1 aromatic carbocycles. The second-order valence-electron chi connectivity index (χ2n) is 5.61. The molecular formula is C17H17O6-. The Morgan fingerprint density at radius 3 is 2.61 bits per heavy atom. The minimum absolute atomic E-state index is 0.118. The van der Waals surface area contributed by atoms with Gasteiger partial charge in [-0.1, -0.05) is 0 Å². The van der Waals surface area contributed by atoms with Gasteiger partial charge in [0, 0.05) is 10.9 Å². The topological polar surface area (TPSA) is 88.8 Å². The molecule has 1 aliphatic carbocycles. The second-order valence-corrected chi connectivity index (χ2v) is 5.61. The molecule has 6 heteroatoms. The highest BCUT2D eigenvalue weighted by molar-refractivity contribution is 5.89. The number of carbonyl (C=O) groups is 1. The number of hydrogen-bond donors (Lipinski definition) is 0. The van der Waals surface area contributed by atoms with Crippen LogP contribution in [-0.4, -0.2) is 19.2 Å². The Balaban J connectivity index is 2.26. The smallest absolute Gasteiger partial charge is 0.339 e. The van der Waals surface area contributed by atoms with E-state index in [1.165, 1.54) is 14.0 Å². The Morgan fingerprint density at radius 2 is 1.96 bits per heavy atom. The van der Waals surface area contributed by atoms with Gasteiger partial charge in [-0.3, -0.25) is 0 Å². The lowest BCUT2D eigenvalue weighted by Crippen LogP contribution is -2.37. The fraction of sp³-hybridized carbons (Fsp3) is 0.412. The number of carboxylic acids is 1. The Kier molecular flexibility index (Phi) is 3.98. The molecule has 0 N–H and O–H groups in total. The van der Waals surface area contributed by atoms with Crippen molar-refractivity contribution >= 4 is 16.9 Å².